The van der Waals surface area contributed by atoms with E-state index < -0.39 is 0 Å². The van der Waals surface area contributed by atoms with Gasteiger partial charge in [-0.15, -0.1) is 10.2 Å². The Labute approximate surface area is 153 Å². The van der Waals surface area contributed by atoms with Gasteiger partial charge in [0.1, 0.15) is 11.9 Å². The van der Waals surface area contributed by atoms with Gasteiger partial charge in [-0.3, -0.25) is 9.39 Å². The molecule has 0 fully saturated rings. The fourth-order valence-corrected chi connectivity index (χ4v) is 2.60. The predicted octanol–water partition coefficient (Wildman–Crippen LogP) is 2.17. The number of hydrogen-bond acceptors (Lipinski definition) is 4. The van der Waals surface area contributed by atoms with Crippen LogP contribution < -0.4 is 15.4 Å². The molecule has 136 valence electrons. The van der Waals surface area contributed by atoms with Gasteiger partial charge in [0.2, 0.25) is 0 Å². The van der Waals surface area contributed by atoms with Crippen molar-refractivity contribution < 1.29 is 4.74 Å². The summed E-state index contributed by atoms with van der Waals surface area (Å²) in [5.74, 6) is 2.39. The Hall–Kier alpha value is -3.09. The highest BCUT2D eigenvalue weighted by molar-refractivity contribution is 5.79. The lowest BCUT2D eigenvalue weighted by atomic mass is 10.2. The third-order valence-corrected chi connectivity index (χ3v) is 3.91. The summed E-state index contributed by atoms with van der Waals surface area (Å²) >= 11 is 0. The molecule has 7 nitrogen and oxygen atoms in total. The molecule has 0 aliphatic rings. The van der Waals surface area contributed by atoms with Gasteiger partial charge in [0, 0.05) is 13.2 Å². The Morgan fingerprint density at radius 2 is 2.08 bits per heavy atom. The second kappa shape index (κ2) is 8.33. The van der Waals surface area contributed by atoms with Crippen molar-refractivity contribution in [1.29, 1.82) is 0 Å². The van der Waals surface area contributed by atoms with E-state index in [-0.39, 0.29) is 6.10 Å². The summed E-state index contributed by atoms with van der Waals surface area (Å²) in [6.07, 6.45) is 1.95. The van der Waals surface area contributed by atoms with Gasteiger partial charge in [0.25, 0.3) is 0 Å². The first kappa shape index (κ1) is 17.7. The summed E-state index contributed by atoms with van der Waals surface area (Å²) in [6, 6.07) is 13.9. The molecule has 0 radical (unpaired) electrons. The van der Waals surface area contributed by atoms with Crippen molar-refractivity contribution in [2.24, 2.45) is 4.99 Å². The number of rotatable bonds is 6. The summed E-state index contributed by atoms with van der Waals surface area (Å²) in [4.78, 5) is 4.24. The van der Waals surface area contributed by atoms with Gasteiger partial charge in [0.15, 0.2) is 17.4 Å². The minimum absolute atomic E-state index is 0.00396. The van der Waals surface area contributed by atoms with Crippen molar-refractivity contribution in [1.82, 2.24) is 25.2 Å². The maximum Gasteiger partial charge on any atom is 0.191 e. The minimum Gasteiger partial charge on any atom is -0.489 e. The van der Waals surface area contributed by atoms with Gasteiger partial charge in [-0.05, 0) is 43.7 Å². The number of hydrogen-bond donors (Lipinski definition) is 2. The van der Waals surface area contributed by atoms with Crippen molar-refractivity contribution in [3.63, 3.8) is 0 Å². The molecular formula is C19H24N6O. The molecule has 0 aliphatic heterocycles. The number of pyridine rings is 1. The van der Waals surface area contributed by atoms with Crippen molar-refractivity contribution >= 4 is 11.6 Å². The normalized spacial score (nSPS) is 12.8. The van der Waals surface area contributed by atoms with Crippen LogP contribution in [0.15, 0.2) is 53.7 Å². The largest absolute Gasteiger partial charge is 0.489 e. The fourth-order valence-electron chi connectivity index (χ4n) is 2.60. The number of nitrogens with zero attached hydrogens (tertiary/aromatic N) is 4. The van der Waals surface area contributed by atoms with E-state index >= 15 is 0 Å². The fraction of sp³-hybridized carbons (Fsp3) is 0.316. The molecule has 26 heavy (non-hydrogen) atoms. The number of aryl methyl sites for hydroxylation is 1. The molecular weight excluding hydrogens is 328 g/mol. The second-order valence-electron chi connectivity index (χ2n) is 6.10. The number of aliphatic imine (C=N–C) groups is 1. The maximum absolute atomic E-state index is 5.93. The van der Waals surface area contributed by atoms with Crippen molar-refractivity contribution in [2.75, 3.05) is 13.6 Å². The molecule has 0 bridgehead atoms. The number of fused-ring (bicyclic) bond motifs is 1. The number of aromatic nitrogens is 3. The zero-order chi connectivity index (χ0) is 18.4. The first-order chi connectivity index (χ1) is 12.7. The Morgan fingerprint density at radius 1 is 1.19 bits per heavy atom. The quantitative estimate of drug-likeness (QED) is 0.525. The van der Waals surface area contributed by atoms with Gasteiger partial charge in [0.05, 0.1) is 13.1 Å². The van der Waals surface area contributed by atoms with E-state index in [4.69, 9.17) is 4.74 Å². The summed E-state index contributed by atoms with van der Waals surface area (Å²) in [5, 5.41) is 14.9. The lowest BCUT2D eigenvalue weighted by molar-refractivity contribution is 0.223. The first-order valence-corrected chi connectivity index (χ1v) is 8.62. The highest BCUT2D eigenvalue weighted by atomic mass is 16.5. The van der Waals surface area contributed by atoms with Gasteiger partial charge in [-0.1, -0.05) is 18.2 Å². The number of guanidine groups is 1. The zero-order valence-electron chi connectivity index (χ0n) is 15.3. The number of benzene rings is 1. The molecule has 2 aromatic heterocycles. The van der Waals surface area contributed by atoms with Crippen LogP contribution in [0.3, 0.4) is 0 Å². The average molecular weight is 352 g/mol. The molecule has 3 aromatic rings. The van der Waals surface area contributed by atoms with Gasteiger partial charge < -0.3 is 15.4 Å². The van der Waals surface area contributed by atoms with E-state index in [0.29, 0.717) is 19.0 Å². The van der Waals surface area contributed by atoms with Gasteiger partial charge >= 0.3 is 0 Å². The first-order valence-electron chi connectivity index (χ1n) is 8.62. The minimum atomic E-state index is 0.00396. The Morgan fingerprint density at radius 3 is 2.88 bits per heavy atom. The molecule has 0 saturated carbocycles. The molecule has 1 aromatic carbocycles. The highest BCUT2D eigenvalue weighted by Gasteiger charge is 2.08. The van der Waals surface area contributed by atoms with Crippen molar-refractivity contribution in [3.8, 4) is 5.75 Å². The van der Waals surface area contributed by atoms with Crippen LogP contribution in [0.5, 0.6) is 5.75 Å². The third kappa shape index (κ3) is 4.50. The van der Waals surface area contributed by atoms with Crippen LogP contribution >= 0.6 is 0 Å². The zero-order valence-corrected chi connectivity index (χ0v) is 15.3. The van der Waals surface area contributed by atoms with Crippen molar-refractivity contribution in [3.05, 3.63) is 60.0 Å². The van der Waals surface area contributed by atoms with Crippen LogP contribution in [0.4, 0.5) is 0 Å². The topological polar surface area (TPSA) is 75.8 Å². The molecule has 0 spiro atoms. The molecule has 2 N–H and O–H groups in total. The lowest BCUT2D eigenvalue weighted by Gasteiger charge is -2.17. The van der Waals surface area contributed by atoms with Crippen LogP contribution in [-0.4, -0.2) is 40.3 Å². The van der Waals surface area contributed by atoms with Crippen LogP contribution in [0.25, 0.3) is 5.65 Å². The van der Waals surface area contributed by atoms with E-state index in [9.17, 15) is 0 Å². The SMILES string of the molecule is CN=C(NCc1nnc2ccccn12)NCC(C)Oc1cccc(C)c1. The Balaban J connectivity index is 1.50. The Kier molecular flexibility index (Phi) is 5.68. The summed E-state index contributed by atoms with van der Waals surface area (Å²) in [7, 11) is 1.74. The molecule has 0 amide bonds. The monoisotopic (exact) mass is 352 g/mol. The Bertz CT molecular complexity index is 888. The molecule has 2 heterocycles. The molecule has 0 saturated heterocycles. The van der Waals surface area contributed by atoms with Crippen LogP contribution in [0.1, 0.15) is 18.3 Å². The smallest absolute Gasteiger partial charge is 0.191 e. The van der Waals surface area contributed by atoms with E-state index in [1.807, 2.05) is 53.9 Å². The van der Waals surface area contributed by atoms with Crippen LogP contribution in [-0.2, 0) is 6.54 Å². The van der Waals surface area contributed by atoms with E-state index in [1.54, 1.807) is 7.05 Å². The van der Waals surface area contributed by atoms with E-state index in [0.717, 1.165) is 17.2 Å². The molecule has 3 rings (SSSR count). The van der Waals surface area contributed by atoms with E-state index in [2.05, 4.69) is 38.8 Å². The van der Waals surface area contributed by atoms with Gasteiger partial charge in [-0.2, -0.15) is 0 Å². The van der Waals surface area contributed by atoms with Crippen molar-refractivity contribution in [2.45, 2.75) is 26.5 Å². The molecule has 0 aliphatic carbocycles. The molecule has 7 heteroatoms. The van der Waals surface area contributed by atoms with Crippen LogP contribution in [0, 0.1) is 6.92 Å². The highest BCUT2D eigenvalue weighted by Crippen LogP contribution is 2.13. The molecule has 1 unspecified atom stereocenters. The van der Waals surface area contributed by atoms with Crippen LogP contribution in [0.2, 0.25) is 0 Å². The lowest BCUT2D eigenvalue weighted by Crippen LogP contribution is -2.41. The summed E-state index contributed by atoms with van der Waals surface area (Å²) in [6.45, 7) is 5.23. The maximum atomic E-state index is 5.93. The summed E-state index contributed by atoms with van der Waals surface area (Å²) < 4.78 is 7.87. The standard InChI is InChI=1S/C19H24N6O/c1-14-7-6-8-16(11-14)26-15(2)12-21-19(20-3)22-13-18-24-23-17-9-4-5-10-25(17)18/h4-11,15H,12-13H2,1-3H3,(H2,20,21,22). The average Bonchev–Trinajstić information content (AvgIpc) is 3.05. The van der Waals surface area contributed by atoms with Gasteiger partial charge in [-0.25, -0.2) is 0 Å². The number of ether oxygens (including phenoxy) is 1. The van der Waals surface area contributed by atoms with E-state index in [1.165, 1.54) is 5.56 Å². The second-order valence-corrected chi connectivity index (χ2v) is 6.10. The molecule has 1 atom stereocenters. The number of nitrogens with one attached hydrogen (secondary N) is 2. The summed E-state index contributed by atoms with van der Waals surface area (Å²) in [5.41, 5.74) is 2.01. The predicted molar refractivity (Wildman–Crippen MR) is 102 cm³/mol. The third-order valence-electron chi connectivity index (χ3n) is 3.91.